The van der Waals surface area contributed by atoms with Gasteiger partial charge in [0.25, 0.3) is 0 Å². The molecule has 3 aliphatic carbocycles. The predicted octanol–water partition coefficient (Wildman–Crippen LogP) is 7.32. The fourth-order valence-corrected chi connectivity index (χ4v) is 8.13. The van der Waals surface area contributed by atoms with E-state index in [1.54, 1.807) is 6.92 Å². The third-order valence-corrected chi connectivity index (χ3v) is 11.3. The zero-order valence-electron chi connectivity index (χ0n) is 27.6. The lowest BCUT2D eigenvalue weighted by atomic mass is 9.37. The predicted molar refractivity (Wildman–Crippen MR) is 170 cm³/mol. The van der Waals surface area contributed by atoms with Crippen molar-refractivity contribution in [2.45, 2.75) is 88.0 Å². The Morgan fingerprint density at radius 2 is 1.64 bits per heavy atom. The van der Waals surface area contributed by atoms with Gasteiger partial charge in [0.1, 0.15) is 22.5 Å². The second-order valence-corrected chi connectivity index (χ2v) is 15.2. The number of fused-ring (bicyclic) bond motifs is 2. The van der Waals surface area contributed by atoms with Gasteiger partial charge in [-0.05, 0) is 93.2 Å². The number of aromatic hydroxyl groups is 2. The summed E-state index contributed by atoms with van der Waals surface area (Å²) in [6.07, 6.45) is 6.95. The lowest BCUT2D eigenvalue weighted by molar-refractivity contribution is -0.178. The maximum Gasteiger partial charge on any atom is 0.184 e. The number of phenols is 2. The van der Waals surface area contributed by atoms with Crippen molar-refractivity contribution in [1.82, 2.24) is 0 Å². The maximum absolute atomic E-state index is 15.2. The molecule has 0 aliphatic heterocycles. The Morgan fingerprint density at radius 1 is 1.00 bits per heavy atom. The summed E-state index contributed by atoms with van der Waals surface area (Å²) in [4.78, 5) is 57.3. The largest absolute Gasteiger partial charge is 0.506 e. The molecule has 3 fully saturated rings. The van der Waals surface area contributed by atoms with Crippen molar-refractivity contribution in [2.75, 3.05) is 0 Å². The highest BCUT2D eigenvalue weighted by atomic mass is 16.3. The van der Waals surface area contributed by atoms with Crippen LogP contribution in [-0.4, -0.2) is 38.5 Å². The zero-order valence-corrected chi connectivity index (χ0v) is 27.6. The van der Waals surface area contributed by atoms with Crippen molar-refractivity contribution < 1.29 is 34.5 Å². The zero-order chi connectivity index (χ0) is 33.2. The normalized spacial score (nSPS) is 32.0. The lowest BCUT2D eigenvalue weighted by Crippen LogP contribution is -2.70. The van der Waals surface area contributed by atoms with E-state index in [1.165, 1.54) is 12.1 Å². The molecular formula is C37H48O7. The van der Waals surface area contributed by atoms with Gasteiger partial charge in [0.2, 0.25) is 0 Å². The number of aliphatic hydroxyl groups is 1. The number of phenolic OH excluding ortho intramolecular Hbond substituents is 2. The van der Waals surface area contributed by atoms with Gasteiger partial charge in [-0.15, -0.1) is 0 Å². The van der Waals surface area contributed by atoms with E-state index in [0.29, 0.717) is 6.42 Å². The number of carbonyl (C=O) groups is 4. The Balaban J connectivity index is 2.05. The molecule has 3 N–H and O–H groups in total. The molecule has 7 nitrogen and oxygen atoms in total. The van der Waals surface area contributed by atoms with Gasteiger partial charge < -0.3 is 15.3 Å². The van der Waals surface area contributed by atoms with Crippen molar-refractivity contribution in [3.63, 3.8) is 0 Å². The van der Waals surface area contributed by atoms with E-state index < -0.39 is 61.8 Å². The van der Waals surface area contributed by atoms with E-state index >= 15 is 4.79 Å². The molecule has 4 rings (SSSR count). The number of Topliss-reactive ketones (excluding diaryl/α,β-unsaturated/α-hetero) is 4. The van der Waals surface area contributed by atoms with Crippen LogP contribution in [0.2, 0.25) is 0 Å². The maximum atomic E-state index is 15.2. The molecule has 3 saturated carbocycles. The number of hydrogen-bond acceptors (Lipinski definition) is 7. The summed E-state index contributed by atoms with van der Waals surface area (Å²) in [5.74, 6) is -3.68. The van der Waals surface area contributed by atoms with Crippen LogP contribution in [0, 0.1) is 45.3 Å². The molecule has 2 bridgehead atoms. The molecule has 0 spiro atoms. The molecule has 0 amide bonds. The van der Waals surface area contributed by atoms with Crippen molar-refractivity contribution in [1.29, 1.82) is 0 Å². The number of carbonyl (C=O) groups excluding carboxylic acids is 4. The topological polar surface area (TPSA) is 129 Å². The van der Waals surface area contributed by atoms with E-state index in [4.69, 9.17) is 0 Å². The van der Waals surface area contributed by atoms with Crippen LogP contribution in [0.5, 0.6) is 11.5 Å². The molecule has 238 valence electrons. The van der Waals surface area contributed by atoms with Crippen molar-refractivity contribution >= 4 is 28.9 Å². The van der Waals surface area contributed by atoms with Gasteiger partial charge in [0.05, 0.1) is 5.41 Å². The number of rotatable bonds is 8. The van der Waals surface area contributed by atoms with Gasteiger partial charge in [0.15, 0.2) is 28.8 Å². The third kappa shape index (κ3) is 4.87. The summed E-state index contributed by atoms with van der Waals surface area (Å²) in [6, 6.07) is 3.60. The molecule has 5 atom stereocenters. The molecule has 44 heavy (non-hydrogen) atoms. The fourth-order valence-electron chi connectivity index (χ4n) is 8.13. The minimum Gasteiger partial charge on any atom is -0.506 e. The quantitative estimate of drug-likeness (QED) is 0.0708. The van der Waals surface area contributed by atoms with Crippen LogP contribution in [0.1, 0.15) is 93.6 Å². The molecule has 7 heteroatoms. The van der Waals surface area contributed by atoms with Gasteiger partial charge in [-0.1, -0.05) is 65.3 Å². The summed E-state index contributed by atoms with van der Waals surface area (Å²) in [5, 5.41) is 31.7. The van der Waals surface area contributed by atoms with E-state index in [-0.39, 0.29) is 54.3 Å². The second kappa shape index (κ2) is 11.1. The Hall–Kier alpha value is -3.48. The lowest BCUT2D eigenvalue weighted by Gasteiger charge is -2.62. The van der Waals surface area contributed by atoms with Gasteiger partial charge >= 0.3 is 0 Å². The van der Waals surface area contributed by atoms with Gasteiger partial charge in [-0.25, -0.2) is 0 Å². The number of ketones is 4. The molecule has 0 heterocycles. The van der Waals surface area contributed by atoms with Crippen LogP contribution in [0.25, 0.3) is 5.76 Å². The minimum absolute atomic E-state index is 0.00776. The summed E-state index contributed by atoms with van der Waals surface area (Å²) >= 11 is 0. The molecule has 0 radical (unpaired) electrons. The Kier molecular flexibility index (Phi) is 8.47. The number of hydrogen-bond donors (Lipinski definition) is 3. The van der Waals surface area contributed by atoms with Crippen LogP contribution in [0.3, 0.4) is 0 Å². The first-order valence-electron chi connectivity index (χ1n) is 15.7. The van der Waals surface area contributed by atoms with Gasteiger partial charge in [-0.3, -0.25) is 19.2 Å². The minimum atomic E-state index is -1.65. The molecule has 0 aromatic heterocycles. The summed E-state index contributed by atoms with van der Waals surface area (Å²) in [7, 11) is 0. The van der Waals surface area contributed by atoms with Crippen LogP contribution in [0.15, 0.2) is 47.6 Å². The highest BCUT2D eigenvalue weighted by Crippen LogP contribution is 2.67. The highest BCUT2D eigenvalue weighted by Gasteiger charge is 2.74. The summed E-state index contributed by atoms with van der Waals surface area (Å²) < 4.78 is 0. The third-order valence-electron chi connectivity index (χ3n) is 11.3. The standard InChI is InChI=1S/C37H48O7/c1-20(2)10-12-24-18-36(19-25-17-26(22(5)38)34(25,6)7)31(42)29(30(41)23-11-13-27(39)28(40)16-23)32(43)37(33(36)44,35(24,8)9)15-14-21(3)4/h10-14,16,20,24-26,39-41H,15,17-19H2,1-9H3/b12-10+,30-29+/t24-,25+,26-,36-,37-/m1/s1. The summed E-state index contributed by atoms with van der Waals surface area (Å²) in [5.41, 5.74) is -4.16. The first-order valence-corrected chi connectivity index (χ1v) is 15.7. The van der Waals surface area contributed by atoms with Gasteiger partial charge in [0, 0.05) is 11.5 Å². The highest BCUT2D eigenvalue weighted by molar-refractivity contribution is 6.41. The Bertz CT molecular complexity index is 1500. The first kappa shape index (κ1) is 33.4. The van der Waals surface area contributed by atoms with Crippen LogP contribution >= 0.6 is 0 Å². The Labute approximate surface area is 261 Å². The molecule has 0 saturated heterocycles. The first-order chi connectivity index (χ1) is 20.3. The van der Waals surface area contributed by atoms with E-state index in [0.717, 1.165) is 11.6 Å². The number of benzene rings is 1. The molecule has 3 aliphatic rings. The van der Waals surface area contributed by atoms with Crippen LogP contribution in [0.4, 0.5) is 0 Å². The van der Waals surface area contributed by atoms with E-state index in [1.807, 2.05) is 61.5 Å². The number of allylic oxidation sites excluding steroid dienone is 5. The van der Waals surface area contributed by atoms with Crippen LogP contribution < -0.4 is 0 Å². The van der Waals surface area contributed by atoms with Gasteiger partial charge in [-0.2, -0.15) is 0 Å². The Morgan fingerprint density at radius 3 is 2.16 bits per heavy atom. The fraction of sp³-hybridized carbons (Fsp3) is 0.568. The monoisotopic (exact) mass is 604 g/mol. The average Bonchev–Trinajstić information content (AvgIpc) is 2.91. The van der Waals surface area contributed by atoms with Crippen molar-refractivity contribution in [3.05, 3.63) is 53.1 Å². The molecule has 1 aromatic carbocycles. The van der Waals surface area contributed by atoms with Crippen LogP contribution in [-0.2, 0) is 19.2 Å². The van der Waals surface area contributed by atoms with E-state index in [2.05, 4.69) is 12.2 Å². The molecule has 0 unspecified atom stereocenters. The smallest absolute Gasteiger partial charge is 0.184 e. The van der Waals surface area contributed by atoms with E-state index in [9.17, 15) is 29.7 Å². The summed E-state index contributed by atoms with van der Waals surface area (Å²) in [6.45, 7) is 17.3. The second-order valence-electron chi connectivity index (χ2n) is 15.2. The molecular weight excluding hydrogens is 556 g/mol. The average molecular weight is 605 g/mol. The molecule has 1 aromatic rings. The van der Waals surface area contributed by atoms with Crippen molar-refractivity contribution in [2.24, 2.45) is 45.3 Å². The SMILES string of the molecule is CC(=O)[C@H]1C[C@@H](C[C@]23C[C@@H](/C=C/C(C)C)C(C)(C)[C@](CC=C(C)C)(C(=O)/C(=C(/O)c4ccc(O)c(O)c4)C2=O)C3=O)C1(C)C. The van der Waals surface area contributed by atoms with Crippen molar-refractivity contribution in [3.8, 4) is 11.5 Å². The number of aliphatic hydroxyl groups excluding tert-OH is 1.